The Morgan fingerprint density at radius 2 is 2.03 bits per heavy atom. The number of hydrogen-bond acceptors (Lipinski definition) is 6. The smallest absolute Gasteiger partial charge is 0.414 e. The molecule has 0 aliphatic carbocycles. The molecule has 0 bridgehead atoms. The van der Waals surface area contributed by atoms with E-state index in [-0.39, 0.29) is 19.1 Å². The van der Waals surface area contributed by atoms with Gasteiger partial charge in [-0.25, -0.2) is 14.0 Å². The number of hydrogen-bond donors (Lipinski definition) is 1. The zero-order valence-corrected chi connectivity index (χ0v) is 16.9. The molecule has 2 amide bonds. The quantitative estimate of drug-likeness (QED) is 0.432. The molecule has 2 atom stereocenters. The van der Waals surface area contributed by atoms with Crippen LogP contribution in [0.15, 0.2) is 23.3 Å². The van der Waals surface area contributed by atoms with Gasteiger partial charge in [-0.1, -0.05) is 5.11 Å². The number of piperazine rings is 1. The van der Waals surface area contributed by atoms with E-state index in [1.54, 1.807) is 12.1 Å². The Bertz CT molecular complexity index is 901. The lowest BCUT2D eigenvalue weighted by Crippen LogP contribution is -2.51. The van der Waals surface area contributed by atoms with Crippen molar-refractivity contribution in [2.45, 2.75) is 18.6 Å². The lowest BCUT2D eigenvalue weighted by atomic mass is 10.1. The van der Waals surface area contributed by atoms with Gasteiger partial charge in [-0.15, -0.1) is 0 Å². The molecule has 3 saturated heterocycles. The first-order chi connectivity index (χ1) is 15.0. The van der Waals surface area contributed by atoms with Crippen molar-refractivity contribution in [3.8, 4) is 0 Å². The third-order valence-electron chi connectivity index (χ3n) is 6.07. The van der Waals surface area contributed by atoms with E-state index in [1.807, 2.05) is 4.90 Å². The number of ether oxygens (including phenoxy) is 1. The van der Waals surface area contributed by atoms with Crippen LogP contribution in [-0.4, -0.2) is 91.6 Å². The number of rotatable bonds is 5. The van der Waals surface area contributed by atoms with Gasteiger partial charge in [0.1, 0.15) is 11.9 Å². The summed E-state index contributed by atoms with van der Waals surface area (Å²) in [6.07, 6.45) is -1.20. The molecule has 3 heterocycles. The summed E-state index contributed by atoms with van der Waals surface area (Å²) in [5, 5.41) is 12.5. The SMILES string of the molecule is [N-]=[N+]=NC[C@H]1CN(c2ccc(N3CCN([C@@H]4CCN(C(=O)O)C4)CC3)c(F)c2)C(=O)O1. The molecule has 0 radical (unpaired) electrons. The Morgan fingerprint density at radius 1 is 1.26 bits per heavy atom. The Kier molecular flexibility index (Phi) is 6.01. The molecule has 0 saturated carbocycles. The van der Waals surface area contributed by atoms with Gasteiger partial charge < -0.3 is 19.6 Å². The van der Waals surface area contributed by atoms with E-state index in [2.05, 4.69) is 14.9 Å². The van der Waals surface area contributed by atoms with Crippen LogP contribution in [0.2, 0.25) is 0 Å². The van der Waals surface area contributed by atoms with E-state index in [0.717, 1.165) is 19.5 Å². The summed E-state index contributed by atoms with van der Waals surface area (Å²) in [4.78, 5) is 32.8. The predicted molar refractivity (Wildman–Crippen MR) is 110 cm³/mol. The van der Waals surface area contributed by atoms with E-state index < -0.39 is 24.1 Å². The normalized spacial score (nSPS) is 24.3. The predicted octanol–water partition coefficient (Wildman–Crippen LogP) is 2.34. The molecule has 3 fully saturated rings. The third-order valence-corrected chi connectivity index (χ3v) is 6.07. The fraction of sp³-hybridized carbons (Fsp3) is 0.579. The van der Waals surface area contributed by atoms with Gasteiger partial charge >= 0.3 is 12.2 Å². The van der Waals surface area contributed by atoms with E-state index in [9.17, 15) is 14.0 Å². The molecule has 1 N–H and O–H groups in total. The number of carbonyl (C=O) groups excluding carboxylic acids is 1. The van der Waals surface area contributed by atoms with Gasteiger partial charge in [0.15, 0.2) is 0 Å². The summed E-state index contributed by atoms with van der Waals surface area (Å²) in [6, 6.07) is 4.88. The highest BCUT2D eigenvalue weighted by Gasteiger charge is 2.34. The maximum absolute atomic E-state index is 14.9. The molecule has 0 spiro atoms. The first-order valence-electron chi connectivity index (χ1n) is 10.2. The van der Waals surface area contributed by atoms with Crippen molar-refractivity contribution in [2.24, 2.45) is 5.11 Å². The topological polar surface area (TPSA) is 125 Å². The number of carbonyl (C=O) groups is 2. The highest BCUT2D eigenvalue weighted by Crippen LogP contribution is 2.29. The lowest BCUT2D eigenvalue weighted by Gasteiger charge is -2.39. The first kappa shape index (κ1) is 21.0. The van der Waals surface area contributed by atoms with Crippen LogP contribution in [0.1, 0.15) is 6.42 Å². The van der Waals surface area contributed by atoms with Crippen molar-refractivity contribution in [1.82, 2.24) is 9.80 Å². The average molecular weight is 433 g/mol. The summed E-state index contributed by atoms with van der Waals surface area (Å²) in [7, 11) is 0. The van der Waals surface area contributed by atoms with Crippen LogP contribution >= 0.6 is 0 Å². The number of benzene rings is 1. The lowest BCUT2D eigenvalue weighted by molar-refractivity contribution is 0.144. The maximum atomic E-state index is 14.9. The number of likely N-dealkylation sites (tertiary alicyclic amines) is 1. The van der Waals surface area contributed by atoms with Crippen LogP contribution in [0.25, 0.3) is 10.4 Å². The Labute approximate surface area is 178 Å². The summed E-state index contributed by atoms with van der Waals surface area (Å²) in [6.45, 7) is 4.06. The summed E-state index contributed by atoms with van der Waals surface area (Å²) in [5.41, 5.74) is 9.27. The second-order valence-electron chi connectivity index (χ2n) is 7.86. The van der Waals surface area contributed by atoms with Crippen LogP contribution < -0.4 is 9.80 Å². The fourth-order valence-corrected chi connectivity index (χ4v) is 4.42. The van der Waals surface area contributed by atoms with Gasteiger partial charge in [0.05, 0.1) is 24.5 Å². The maximum Gasteiger partial charge on any atom is 0.414 e. The van der Waals surface area contributed by atoms with E-state index in [4.69, 9.17) is 15.4 Å². The fourth-order valence-electron chi connectivity index (χ4n) is 4.42. The summed E-state index contributed by atoms with van der Waals surface area (Å²) < 4.78 is 20.0. The van der Waals surface area contributed by atoms with Gasteiger partial charge in [-0.2, -0.15) is 0 Å². The van der Waals surface area contributed by atoms with Crippen LogP contribution in [0, 0.1) is 5.82 Å². The average Bonchev–Trinajstić information content (AvgIpc) is 3.39. The molecule has 4 rings (SSSR count). The van der Waals surface area contributed by atoms with Gasteiger partial charge in [0.2, 0.25) is 0 Å². The molecule has 0 unspecified atom stereocenters. The highest BCUT2D eigenvalue weighted by atomic mass is 19.1. The van der Waals surface area contributed by atoms with Crippen molar-refractivity contribution in [2.75, 3.05) is 62.2 Å². The molecule has 11 nitrogen and oxygen atoms in total. The van der Waals surface area contributed by atoms with Crippen molar-refractivity contribution >= 4 is 23.6 Å². The Morgan fingerprint density at radius 3 is 2.68 bits per heavy atom. The number of azide groups is 1. The number of anilines is 2. The van der Waals surface area contributed by atoms with Crippen molar-refractivity contribution < 1.29 is 23.8 Å². The molecular formula is C19H24FN7O4. The van der Waals surface area contributed by atoms with Gasteiger partial charge in [0.25, 0.3) is 0 Å². The molecule has 3 aliphatic rings. The molecular weight excluding hydrogens is 409 g/mol. The number of halogens is 1. The second kappa shape index (κ2) is 8.86. The van der Waals surface area contributed by atoms with Gasteiger partial charge in [-0.05, 0) is 30.2 Å². The Hall–Kier alpha value is -3.24. The van der Waals surface area contributed by atoms with E-state index in [1.165, 1.54) is 15.9 Å². The molecule has 12 heteroatoms. The number of carboxylic acid groups (broad SMARTS) is 1. The molecule has 1 aromatic rings. The van der Waals surface area contributed by atoms with Crippen molar-refractivity contribution in [1.29, 1.82) is 0 Å². The van der Waals surface area contributed by atoms with Crippen molar-refractivity contribution in [3.63, 3.8) is 0 Å². The second-order valence-corrected chi connectivity index (χ2v) is 7.86. The first-order valence-corrected chi connectivity index (χ1v) is 10.2. The Balaban J connectivity index is 1.36. The summed E-state index contributed by atoms with van der Waals surface area (Å²) in [5.74, 6) is -0.421. The summed E-state index contributed by atoms with van der Waals surface area (Å²) >= 11 is 0. The number of amides is 2. The minimum Gasteiger partial charge on any atom is -0.465 e. The number of nitrogens with zero attached hydrogens (tertiary/aromatic N) is 7. The van der Waals surface area contributed by atoms with Gasteiger partial charge in [0, 0.05) is 50.2 Å². The van der Waals surface area contributed by atoms with Crippen LogP contribution in [0.3, 0.4) is 0 Å². The molecule has 3 aliphatic heterocycles. The minimum absolute atomic E-state index is 0.0365. The van der Waals surface area contributed by atoms with Crippen molar-refractivity contribution in [3.05, 3.63) is 34.5 Å². The number of cyclic esters (lactones) is 1. The molecule has 166 valence electrons. The van der Waals surface area contributed by atoms with E-state index >= 15 is 0 Å². The van der Waals surface area contributed by atoms with E-state index in [0.29, 0.717) is 37.6 Å². The standard InChI is InChI=1S/C19H24FN7O4/c20-16-9-13(27-12-15(10-22-23-21)31-19(27)30)1-2-17(16)25-7-5-24(6-8-25)14-3-4-26(11-14)18(28)29/h1-2,9,14-15H,3-8,10-12H2,(H,28,29)/t14-,15+/m1/s1. The minimum atomic E-state index is -0.880. The van der Waals surface area contributed by atoms with Crippen LogP contribution in [0.4, 0.5) is 25.4 Å². The highest BCUT2D eigenvalue weighted by molar-refractivity contribution is 5.90. The largest absolute Gasteiger partial charge is 0.465 e. The molecule has 1 aromatic carbocycles. The van der Waals surface area contributed by atoms with Gasteiger partial charge in [-0.3, -0.25) is 9.80 Å². The molecule has 31 heavy (non-hydrogen) atoms. The molecule has 0 aromatic heterocycles. The zero-order chi connectivity index (χ0) is 22.0. The third kappa shape index (κ3) is 4.44. The zero-order valence-electron chi connectivity index (χ0n) is 16.9. The van der Waals surface area contributed by atoms with Crippen LogP contribution in [0.5, 0.6) is 0 Å². The monoisotopic (exact) mass is 433 g/mol. The van der Waals surface area contributed by atoms with Crippen LogP contribution in [-0.2, 0) is 4.74 Å².